The molecule has 1 aromatic rings. The molecule has 1 unspecified atom stereocenters. The summed E-state index contributed by atoms with van der Waals surface area (Å²) < 4.78 is 0. The Morgan fingerprint density at radius 2 is 2.05 bits per heavy atom. The molecule has 0 saturated heterocycles. The number of amides is 1. The fourth-order valence-corrected chi connectivity index (χ4v) is 2.75. The zero-order valence-corrected chi connectivity index (χ0v) is 10.5. The van der Waals surface area contributed by atoms with Crippen LogP contribution >= 0.6 is 0 Å². The number of rotatable bonds is 2. The first kappa shape index (κ1) is 10.8. The maximum absolute atomic E-state index is 12.1. The second-order valence-electron chi connectivity index (χ2n) is 5.44. The lowest BCUT2D eigenvalue weighted by atomic mass is 10.0. The van der Waals surface area contributed by atoms with Crippen molar-refractivity contribution in [1.82, 2.24) is 0 Å². The first-order valence-electron chi connectivity index (χ1n) is 6.71. The molecular weight excluding hydrogens is 238 g/mol. The Morgan fingerprint density at radius 1 is 1.21 bits per heavy atom. The van der Waals surface area contributed by atoms with E-state index in [1.165, 1.54) is 6.42 Å². The first-order chi connectivity index (χ1) is 9.29. The maximum Gasteiger partial charge on any atom is 0.247 e. The second kappa shape index (κ2) is 3.95. The van der Waals surface area contributed by atoms with Crippen LogP contribution in [0.1, 0.15) is 12.8 Å². The first-order valence-corrected chi connectivity index (χ1v) is 6.71. The van der Waals surface area contributed by atoms with Crippen molar-refractivity contribution in [3.8, 4) is 0 Å². The van der Waals surface area contributed by atoms with Crippen molar-refractivity contribution < 1.29 is 4.79 Å². The van der Waals surface area contributed by atoms with Crippen LogP contribution in [-0.4, -0.2) is 18.2 Å². The summed E-state index contributed by atoms with van der Waals surface area (Å²) in [6.07, 6.45) is 6.13. The van der Waals surface area contributed by atoms with Crippen LogP contribution in [0.15, 0.2) is 41.0 Å². The molecule has 1 saturated carbocycles. The van der Waals surface area contributed by atoms with Gasteiger partial charge in [-0.15, -0.1) is 0 Å². The summed E-state index contributed by atoms with van der Waals surface area (Å²) in [5.41, 5.74) is 2.87. The molecule has 96 valence electrons. The fourth-order valence-electron chi connectivity index (χ4n) is 2.75. The van der Waals surface area contributed by atoms with Crippen molar-refractivity contribution in [2.24, 2.45) is 16.8 Å². The van der Waals surface area contributed by atoms with Crippen molar-refractivity contribution in [2.45, 2.75) is 18.9 Å². The zero-order valence-electron chi connectivity index (χ0n) is 10.5. The van der Waals surface area contributed by atoms with Crippen LogP contribution < -0.4 is 10.6 Å². The molecular formula is C15H15N3O. The molecule has 2 N–H and O–H groups in total. The zero-order chi connectivity index (χ0) is 12.8. The highest BCUT2D eigenvalue weighted by atomic mass is 16.2. The van der Waals surface area contributed by atoms with Crippen molar-refractivity contribution in [3.63, 3.8) is 0 Å². The number of hydrogen-bond donors (Lipinski definition) is 2. The number of carbonyl (C=O) groups is 1. The van der Waals surface area contributed by atoms with E-state index in [4.69, 9.17) is 0 Å². The summed E-state index contributed by atoms with van der Waals surface area (Å²) in [4.78, 5) is 16.5. The largest absolute Gasteiger partial charge is 0.372 e. The molecule has 0 aromatic heterocycles. The summed E-state index contributed by atoms with van der Waals surface area (Å²) in [6.45, 7) is 0. The molecule has 1 aliphatic carbocycles. The van der Waals surface area contributed by atoms with Crippen molar-refractivity contribution in [3.05, 3.63) is 36.0 Å². The lowest BCUT2D eigenvalue weighted by molar-refractivity contribution is -0.117. The quantitative estimate of drug-likeness (QED) is 0.850. The Kier molecular flexibility index (Phi) is 2.24. The van der Waals surface area contributed by atoms with Gasteiger partial charge in [0, 0.05) is 24.3 Å². The third-order valence-corrected chi connectivity index (χ3v) is 3.97. The minimum absolute atomic E-state index is 0.0210. The second-order valence-corrected chi connectivity index (χ2v) is 5.44. The van der Waals surface area contributed by atoms with E-state index in [2.05, 4.69) is 21.7 Å². The molecule has 3 aliphatic rings. The number of nitrogens with one attached hydrogen (secondary N) is 2. The molecule has 2 aliphatic heterocycles. The van der Waals surface area contributed by atoms with E-state index in [1.54, 1.807) is 0 Å². The van der Waals surface area contributed by atoms with Gasteiger partial charge in [0.1, 0.15) is 6.04 Å². The molecule has 4 nitrogen and oxygen atoms in total. The van der Waals surface area contributed by atoms with Gasteiger partial charge in [0.15, 0.2) is 0 Å². The SMILES string of the molecule is O=C1Nc2ccccc2NC1CC1=C[C@H]2C[C@H]2C=N1. The number of aliphatic imine (C=N–C) groups is 1. The van der Waals surface area contributed by atoms with E-state index in [9.17, 15) is 4.79 Å². The Labute approximate surface area is 111 Å². The van der Waals surface area contributed by atoms with Crippen LogP contribution in [0, 0.1) is 11.8 Å². The van der Waals surface area contributed by atoms with Gasteiger partial charge in [-0.1, -0.05) is 18.2 Å². The van der Waals surface area contributed by atoms with Gasteiger partial charge < -0.3 is 10.6 Å². The number of carbonyl (C=O) groups excluding carboxylic acids is 1. The van der Waals surface area contributed by atoms with Crippen LogP contribution in [-0.2, 0) is 4.79 Å². The lowest BCUT2D eigenvalue weighted by Gasteiger charge is -2.27. The molecule has 2 heterocycles. The summed E-state index contributed by atoms with van der Waals surface area (Å²) in [5, 5.41) is 6.24. The van der Waals surface area contributed by atoms with E-state index in [0.717, 1.165) is 17.1 Å². The number of benzene rings is 1. The molecule has 1 fully saturated rings. The molecule has 3 atom stereocenters. The Bertz CT molecular complexity index is 605. The highest BCUT2D eigenvalue weighted by Gasteiger charge is 2.37. The molecule has 4 heteroatoms. The number of hydrogen-bond acceptors (Lipinski definition) is 3. The van der Waals surface area contributed by atoms with Gasteiger partial charge in [0.25, 0.3) is 0 Å². The number of fused-ring (bicyclic) bond motifs is 2. The van der Waals surface area contributed by atoms with Crippen LogP contribution in [0.25, 0.3) is 0 Å². The van der Waals surface area contributed by atoms with E-state index in [-0.39, 0.29) is 11.9 Å². The van der Waals surface area contributed by atoms with Gasteiger partial charge in [0.05, 0.1) is 11.4 Å². The standard InChI is InChI=1S/C15H15N3O/c19-15-14(7-11-6-9-5-10(9)8-16-11)17-12-3-1-2-4-13(12)18-15/h1-4,6,8-10,14,17H,5,7H2,(H,18,19)/t9-,10+,14?/m1/s1. The van der Waals surface area contributed by atoms with Gasteiger partial charge in [-0.3, -0.25) is 9.79 Å². The van der Waals surface area contributed by atoms with Crippen LogP contribution in [0.5, 0.6) is 0 Å². The van der Waals surface area contributed by atoms with Crippen molar-refractivity contribution in [1.29, 1.82) is 0 Å². The number of nitrogens with zero attached hydrogens (tertiary/aromatic N) is 1. The summed E-state index contributed by atoms with van der Waals surface area (Å²) in [7, 11) is 0. The topological polar surface area (TPSA) is 53.5 Å². The van der Waals surface area contributed by atoms with E-state index >= 15 is 0 Å². The fraction of sp³-hybridized carbons (Fsp3) is 0.333. The summed E-state index contributed by atoms with van der Waals surface area (Å²) in [6, 6.07) is 7.55. The van der Waals surface area contributed by atoms with Crippen LogP contribution in [0.2, 0.25) is 0 Å². The highest BCUT2D eigenvalue weighted by Crippen LogP contribution is 2.42. The molecule has 1 amide bonds. The normalized spacial score (nSPS) is 30.6. The average Bonchev–Trinajstić information content (AvgIpc) is 3.18. The predicted octanol–water partition coefficient (Wildman–Crippen LogP) is 2.41. The third kappa shape index (κ3) is 1.93. The summed E-state index contributed by atoms with van der Waals surface area (Å²) in [5.74, 6) is 1.36. The van der Waals surface area contributed by atoms with E-state index in [1.807, 2.05) is 30.5 Å². The van der Waals surface area contributed by atoms with Gasteiger partial charge in [-0.2, -0.15) is 0 Å². The van der Waals surface area contributed by atoms with Crippen LogP contribution in [0.3, 0.4) is 0 Å². The van der Waals surface area contributed by atoms with Crippen molar-refractivity contribution >= 4 is 23.5 Å². The van der Waals surface area contributed by atoms with E-state index < -0.39 is 0 Å². The minimum Gasteiger partial charge on any atom is -0.372 e. The third-order valence-electron chi connectivity index (χ3n) is 3.97. The molecule has 0 bridgehead atoms. The minimum atomic E-state index is -0.228. The van der Waals surface area contributed by atoms with Gasteiger partial charge in [-0.05, 0) is 24.5 Å². The predicted molar refractivity (Wildman–Crippen MR) is 75.3 cm³/mol. The maximum atomic E-state index is 12.1. The number of anilines is 2. The molecule has 4 rings (SSSR count). The average molecular weight is 253 g/mol. The number of para-hydroxylation sites is 2. The Hall–Kier alpha value is -2.10. The van der Waals surface area contributed by atoms with Crippen LogP contribution in [0.4, 0.5) is 11.4 Å². The van der Waals surface area contributed by atoms with Gasteiger partial charge in [0.2, 0.25) is 5.91 Å². The Balaban J connectivity index is 1.53. The highest BCUT2D eigenvalue weighted by molar-refractivity contribution is 6.03. The lowest BCUT2D eigenvalue weighted by Crippen LogP contribution is -2.39. The molecule has 0 spiro atoms. The smallest absolute Gasteiger partial charge is 0.247 e. The van der Waals surface area contributed by atoms with Gasteiger partial charge in [-0.25, -0.2) is 0 Å². The Morgan fingerprint density at radius 3 is 2.89 bits per heavy atom. The number of allylic oxidation sites excluding steroid dienone is 1. The van der Waals surface area contributed by atoms with Gasteiger partial charge >= 0.3 is 0 Å². The molecule has 19 heavy (non-hydrogen) atoms. The monoisotopic (exact) mass is 253 g/mol. The molecule has 0 radical (unpaired) electrons. The summed E-state index contributed by atoms with van der Waals surface area (Å²) >= 11 is 0. The van der Waals surface area contributed by atoms with E-state index in [0.29, 0.717) is 18.3 Å². The molecule has 1 aromatic carbocycles. The van der Waals surface area contributed by atoms with Crippen molar-refractivity contribution in [2.75, 3.05) is 10.6 Å².